The fraction of sp³-hybridized carbons (Fsp3) is 0.333. The van der Waals surface area contributed by atoms with E-state index in [0.717, 1.165) is 0 Å². The summed E-state index contributed by atoms with van der Waals surface area (Å²) in [5.74, 6) is 6.28. The van der Waals surface area contributed by atoms with Gasteiger partial charge in [0.2, 0.25) is 0 Å². The highest BCUT2D eigenvalue weighted by Gasteiger charge is 2.15. The Morgan fingerprint density at radius 1 is 1.06 bits per heavy atom. The highest BCUT2D eigenvalue weighted by Crippen LogP contribution is 2.28. The van der Waals surface area contributed by atoms with Crippen LogP contribution >= 0.6 is 11.3 Å². The fourth-order valence-electron chi connectivity index (χ4n) is 2.11. The summed E-state index contributed by atoms with van der Waals surface area (Å²) in [6.07, 6.45) is 0. The van der Waals surface area contributed by atoms with Crippen molar-refractivity contribution in [3.63, 3.8) is 0 Å². The van der Waals surface area contributed by atoms with E-state index in [1.54, 1.807) is 11.3 Å². The van der Waals surface area contributed by atoms with Gasteiger partial charge in [-0.2, -0.15) is 11.3 Å². The molecule has 2 nitrogen and oxygen atoms in total. The summed E-state index contributed by atoms with van der Waals surface area (Å²) in [4.78, 5) is 0. The molecule has 18 heavy (non-hydrogen) atoms. The predicted molar refractivity (Wildman–Crippen MR) is 78.8 cm³/mol. The van der Waals surface area contributed by atoms with Gasteiger partial charge < -0.3 is 0 Å². The molecule has 0 saturated heterocycles. The minimum atomic E-state index is 0.0810. The molecule has 3 N–H and O–H groups in total. The molecule has 1 aromatic heterocycles. The molecule has 0 fully saturated rings. The van der Waals surface area contributed by atoms with Crippen LogP contribution in [-0.2, 0) is 0 Å². The van der Waals surface area contributed by atoms with E-state index in [1.165, 1.54) is 22.3 Å². The molecule has 1 atom stereocenters. The summed E-state index contributed by atoms with van der Waals surface area (Å²) in [7, 11) is 0. The van der Waals surface area contributed by atoms with E-state index in [-0.39, 0.29) is 6.04 Å². The summed E-state index contributed by atoms with van der Waals surface area (Å²) in [6, 6.07) is 8.78. The lowest BCUT2D eigenvalue weighted by molar-refractivity contribution is 0.635. The van der Waals surface area contributed by atoms with Gasteiger partial charge in [0.1, 0.15) is 0 Å². The molecule has 2 aromatic rings. The SMILES string of the molecule is Cc1cscc1C(NN)c1ccc(C(C)C)cc1. The second-order valence-electron chi connectivity index (χ2n) is 4.93. The molecule has 0 bridgehead atoms. The van der Waals surface area contributed by atoms with E-state index in [2.05, 4.69) is 61.2 Å². The van der Waals surface area contributed by atoms with Gasteiger partial charge in [0.15, 0.2) is 0 Å². The molecule has 0 radical (unpaired) electrons. The highest BCUT2D eigenvalue weighted by atomic mass is 32.1. The largest absolute Gasteiger partial charge is 0.271 e. The van der Waals surface area contributed by atoms with Crippen LogP contribution in [0.1, 0.15) is 48.1 Å². The monoisotopic (exact) mass is 260 g/mol. The van der Waals surface area contributed by atoms with Gasteiger partial charge in [0, 0.05) is 0 Å². The van der Waals surface area contributed by atoms with Crippen LogP contribution in [-0.4, -0.2) is 0 Å². The Hall–Kier alpha value is -1.16. The topological polar surface area (TPSA) is 38.0 Å². The average Bonchev–Trinajstić information content (AvgIpc) is 2.78. The number of rotatable bonds is 4. The second kappa shape index (κ2) is 5.65. The normalized spacial score (nSPS) is 12.9. The summed E-state index contributed by atoms with van der Waals surface area (Å²) < 4.78 is 0. The Morgan fingerprint density at radius 3 is 2.11 bits per heavy atom. The van der Waals surface area contributed by atoms with Gasteiger partial charge in [0.05, 0.1) is 6.04 Å². The third kappa shape index (κ3) is 2.64. The van der Waals surface area contributed by atoms with Crippen molar-refractivity contribution in [3.05, 3.63) is 57.3 Å². The lowest BCUT2D eigenvalue weighted by Crippen LogP contribution is -2.28. The number of hydrazine groups is 1. The van der Waals surface area contributed by atoms with Crippen molar-refractivity contribution < 1.29 is 0 Å². The van der Waals surface area contributed by atoms with E-state index in [4.69, 9.17) is 5.84 Å². The molecule has 0 aliphatic carbocycles. The zero-order valence-electron chi connectivity index (χ0n) is 11.1. The molecule has 96 valence electrons. The molecule has 0 spiro atoms. The van der Waals surface area contributed by atoms with Crippen molar-refractivity contribution >= 4 is 11.3 Å². The van der Waals surface area contributed by atoms with E-state index in [9.17, 15) is 0 Å². The number of nitrogens with two attached hydrogens (primary N) is 1. The van der Waals surface area contributed by atoms with Crippen molar-refractivity contribution in [1.29, 1.82) is 0 Å². The van der Waals surface area contributed by atoms with Crippen molar-refractivity contribution in [2.75, 3.05) is 0 Å². The van der Waals surface area contributed by atoms with Crippen LogP contribution in [0.5, 0.6) is 0 Å². The van der Waals surface area contributed by atoms with Crippen LogP contribution in [0.4, 0.5) is 0 Å². The van der Waals surface area contributed by atoms with Crippen LogP contribution in [0.25, 0.3) is 0 Å². The number of benzene rings is 1. The number of thiophene rings is 1. The van der Waals surface area contributed by atoms with Crippen LogP contribution in [0, 0.1) is 6.92 Å². The molecule has 0 aliphatic heterocycles. The first-order valence-electron chi connectivity index (χ1n) is 6.22. The molecule has 0 aliphatic rings. The predicted octanol–water partition coefficient (Wildman–Crippen LogP) is 3.73. The smallest absolute Gasteiger partial charge is 0.0720 e. The standard InChI is InChI=1S/C15H20N2S/c1-10(2)12-4-6-13(7-5-12)15(17-16)14-9-18-8-11(14)3/h4-10,15,17H,16H2,1-3H3. The van der Waals surface area contributed by atoms with E-state index < -0.39 is 0 Å². The molecule has 1 heterocycles. The van der Waals surface area contributed by atoms with E-state index in [0.29, 0.717) is 5.92 Å². The molecule has 0 saturated carbocycles. The first-order chi connectivity index (χ1) is 8.63. The maximum absolute atomic E-state index is 5.72. The van der Waals surface area contributed by atoms with E-state index >= 15 is 0 Å². The van der Waals surface area contributed by atoms with Gasteiger partial charge in [-0.25, -0.2) is 5.43 Å². The maximum Gasteiger partial charge on any atom is 0.0720 e. The van der Waals surface area contributed by atoms with E-state index in [1.807, 2.05) is 0 Å². The lowest BCUT2D eigenvalue weighted by atomic mass is 9.95. The van der Waals surface area contributed by atoms with Crippen LogP contribution in [0.3, 0.4) is 0 Å². The van der Waals surface area contributed by atoms with Gasteiger partial charge in [-0.1, -0.05) is 38.1 Å². The van der Waals surface area contributed by atoms with Crippen molar-refractivity contribution in [1.82, 2.24) is 5.43 Å². The van der Waals surface area contributed by atoms with Crippen molar-refractivity contribution in [3.8, 4) is 0 Å². The molecule has 3 heteroatoms. The first-order valence-corrected chi connectivity index (χ1v) is 7.16. The van der Waals surface area contributed by atoms with Gasteiger partial charge in [-0.05, 0) is 45.9 Å². The van der Waals surface area contributed by atoms with Gasteiger partial charge in [-0.3, -0.25) is 5.84 Å². The maximum atomic E-state index is 5.72. The number of hydrogen-bond acceptors (Lipinski definition) is 3. The Balaban J connectivity index is 2.31. The van der Waals surface area contributed by atoms with Crippen molar-refractivity contribution in [2.24, 2.45) is 5.84 Å². The molecular formula is C15H20N2S. The molecule has 0 amide bonds. The highest BCUT2D eigenvalue weighted by molar-refractivity contribution is 7.08. The summed E-state index contributed by atoms with van der Waals surface area (Å²) in [5, 5.41) is 4.32. The fourth-order valence-corrected chi connectivity index (χ4v) is 2.98. The summed E-state index contributed by atoms with van der Waals surface area (Å²) in [6.45, 7) is 6.53. The summed E-state index contributed by atoms with van der Waals surface area (Å²) >= 11 is 1.72. The molecular weight excluding hydrogens is 240 g/mol. The zero-order chi connectivity index (χ0) is 13.1. The Kier molecular flexibility index (Phi) is 4.17. The number of hydrogen-bond donors (Lipinski definition) is 2. The quantitative estimate of drug-likeness (QED) is 0.649. The van der Waals surface area contributed by atoms with Gasteiger partial charge in [0.25, 0.3) is 0 Å². The van der Waals surface area contributed by atoms with Gasteiger partial charge >= 0.3 is 0 Å². The lowest BCUT2D eigenvalue weighted by Gasteiger charge is -2.17. The van der Waals surface area contributed by atoms with Crippen molar-refractivity contribution in [2.45, 2.75) is 32.7 Å². The first kappa shape index (κ1) is 13.3. The summed E-state index contributed by atoms with van der Waals surface area (Å²) in [5.41, 5.74) is 8.04. The third-order valence-electron chi connectivity index (χ3n) is 3.31. The molecule has 1 aromatic carbocycles. The molecule has 2 rings (SSSR count). The molecule has 1 unspecified atom stereocenters. The Labute approximate surface area is 113 Å². The third-order valence-corrected chi connectivity index (χ3v) is 4.19. The Bertz CT molecular complexity index is 499. The van der Waals surface area contributed by atoms with Crippen LogP contribution in [0.15, 0.2) is 35.0 Å². The second-order valence-corrected chi connectivity index (χ2v) is 5.67. The Morgan fingerprint density at radius 2 is 1.67 bits per heavy atom. The minimum absolute atomic E-state index is 0.0810. The zero-order valence-corrected chi connectivity index (χ0v) is 11.9. The van der Waals surface area contributed by atoms with Gasteiger partial charge in [-0.15, -0.1) is 0 Å². The average molecular weight is 260 g/mol. The number of nitrogens with one attached hydrogen (secondary N) is 1. The van der Waals surface area contributed by atoms with Crippen LogP contribution < -0.4 is 11.3 Å². The number of aryl methyl sites for hydroxylation is 1. The van der Waals surface area contributed by atoms with Crippen LogP contribution in [0.2, 0.25) is 0 Å². The minimum Gasteiger partial charge on any atom is -0.271 e.